The molecule has 2 aromatic carbocycles. The van der Waals surface area contributed by atoms with Gasteiger partial charge in [-0.2, -0.15) is 0 Å². The van der Waals surface area contributed by atoms with Crippen molar-refractivity contribution in [2.45, 2.75) is 6.04 Å². The van der Waals surface area contributed by atoms with Crippen LogP contribution in [0.4, 0.5) is 11.4 Å². The molecule has 2 heterocycles. The number of nitrogens with zero attached hydrogens (tertiary/aromatic N) is 1. The van der Waals surface area contributed by atoms with E-state index >= 15 is 0 Å². The predicted octanol–water partition coefficient (Wildman–Crippen LogP) is 2.59. The standard InChI is InChI=1S/C19H16N2O3/c1-2-8-21-15-12-17-16(23-9-10-24-17)11-14(15)20-18(19(21)22)13-6-4-3-5-7-13/h1,3-7,11-12,18,20H,8-10H2. The maximum atomic E-state index is 12.9. The summed E-state index contributed by atoms with van der Waals surface area (Å²) < 4.78 is 11.3. The van der Waals surface area contributed by atoms with Crippen molar-refractivity contribution in [2.75, 3.05) is 30.0 Å². The highest BCUT2D eigenvalue weighted by Gasteiger charge is 2.34. The maximum Gasteiger partial charge on any atom is 0.255 e. The Hall–Kier alpha value is -3.13. The second-order valence-corrected chi connectivity index (χ2v) is 5.63. The molecule has 2 aliphatic heterocycles. The third kappa shape index (κ3) is 2.33. The minimum absolute atomic E-state index is 0.0803. The monoisotopic (exact) mass is 320 g/mol. The Bertz CT molecular complexity index is 826. The van der Waals surface area contributed by atoms with Crippen molar-refractivity contribution in [1.29, 1.82) is 0 Å². The highest BCUT2D eigenvalue weighted by molar-refractivity contribution is 6.06. The van der Waals surface area contributed by atoms with Crippen molar-refractivity contribution in [2.24, 2.45) is 0 Å². The Morgan fingerprint density at radius 2 is 1.88 bits per heavy atom. The number of hydrogen-bond donors (Lipinski definition) is 1. The molecule has 5 heteroatoms. The van der Waals surface area contributed by atoms with Crippen molar-refractivity contribution in [1.82, 2.24) is 0 Å². The first-order valence-electron chi connectivity index (χ1n) is 7.78. The van der Waals surface area contributed by atoms with Crippen LogP contribution >= 0.6 is 0 Å². The zero-order chi connectivity index (χ0) is 16.5. The molecule has 5 nitrogen and oxygen atoms in total. The summed E-state index contributed by atoms with van der Waals surface area (Å²) in [5, 5.41) is 3.31. The first-order chi connectivity index (χ1) is 11.8. The maximum absolute atomic E-state index is 12.9. The Balaban J connectivity index is 1.80. The molecule has 1 amide bonds. The molecule has 120 valence electrons. The van der Waals surface area contributed by atoms with E-state index in [0.717, 1.165) is 16.9 Å². The first-order valence-corrected chi connectivity index (χ1v) is 7.78. The van der Waals surface area contributed by atoms with Gasteiger partial charge >= 0.3 is 0 Å². The molecule has 0 saturated heterocycles. The van der Waals surface area contributed by atoms with Crippen LogP contribution in [0.15, 0.2) is 42.5 Å². The SMILES string of the molecule is C#CCN1C(=O)C(c2ccccc2)Nc2cc3c(cc21)OCCO3. The van der Waals surface area contributed by atoms with Crippen molar-refractivity contribution < 1.29 is 14.3 Å². The Morgan fingerprint density at radius 1 is 1.17 bits per heavy atom. The van der Waals surface area contributed by atoms with Crippen molar-refractivity contribution in [3.63, 3.8) is 0 Å². The molecule has 0 spiro atoms. The lowest BCUT2D eigenvalue weighted by atomic mass is 10.0. The summed E-state index contributed by atoms with van der Waals surface area (Å²) in [5.41, 5.74) is 2.42. The van der Waals surface area contributed by atoms with Crippen LogP contribution in [0, 0.1) is 12.3 Å². The molecular formula is C19H16N2O3. The Labute approximate surface area is 140 Å². The number of terminal acetylenes is 1. The minimum atomic E-state index is -0.477. The molecule has 0 radical (unpaired) electrons. The van der Waals surface area contributed by atoms with E-state index in [1.165, 1.54) is 0 Å². The summed E-state index contributed by atoms with van der Waals surface area (Å²) in [4.78, 5) is 14.6. The molecule has 0 bridgehead atoms. The third-order valence-corrected chi connectivity index (χ3v) is 4.15. The van der Waals surface area contributed by atoms with E-state index in [1.807, 2.05) is 42.5 Å². The van der Waals surface area contributed by atoms with Crippen LogP contribution < -0.4 is 19.7 Å². The van der Waals surface area contributed by atoms with Gasteiger partial charge < -0.3 is 14.8 Å². The fourth-order valence-electron chi connectivity index (χ4n) is 3.03. The Kier molecular flexibility index (Phi) is 3.51. The van der Waals surface area contributed by atoms with E-state index < -0.39 is 6.04 Å². The van der Waals surface area contributed by atoms with Crippen LogP contribution in [-0.2, 0) is 4.79 Å². The second-order valence-electron chi connectivity index (χ2n) is 5.63. The van der Waals surface area contributed by atoms with E-state index in [9.17, 15) is 4.79 Å². The number of carbonyl (C=O) groups excluding carboxylic acids is 1. The number of ether oxygens (including phenoxy) is 2. The van der Waals surface area contributed by atoms with Crippen LogP contribution in [0.1, 0.15) is 11.6 Å². The second kappa shape index (κ2) is 5.82. The molecular weight excluding hydrogens is 304 g/mol. The molecule has 0 saturated carbocycles. The summed E-state index contributed by atoms with van der Waals surface area (Å²) in [7, 11) is 0. The molecule has 2 aromatic rings. The van der Waals surface area contributed by atoms with E-state index in [1.54, 1.807) is 4.90 Å². The summed E-state index contributed by atoms with van der Waals surface area (Å²) in [5.74, 6) is 3.80. The lowest BCUT2D eigenvalue weighted by Crippen LogP contribution is -2.42. The highest BCUT2D eigenvalue weighted by atomic mass is 16.6. The lowest BCUT2D eigenvalue weighted by Gasteiger charge is -2.35. The van der Waals surface area contributed by atoms with E-state index in [4.69, 9.17) is 15.9 Å². The van der Waals surface area contributed by atoms with Gasteiger partial charge in [0.05, 0.1) is 17.9 Å². The van der Waals surface area contributed by atoms with Gasteiger partial charge in [-0.1, -0.05) is 36.3 Å². The number of rotatable bonds is 2. The van der Waals surface area contributed by atoms with Crippen LogP contribution in [-0.4, -0.2) is 25.7 Å². The number of benzene rings is 2. The van der Waals surface area contributed by atoms with Crippen molar-refractivity contribution >= 4 is 17.3 Å². The molecule has 4 rings (SSSR count). The van der Waals surface area contributed by atoms with E-state index in [2.05, 4.69) is 11.2 Å². The van der Waals surface area contributed by atoms with E-state index in [-0.39, 0.29) is 12.5 Å². The third-order valence-electron chi connectivity index (χ3n) is 4.15. The quantitative estimate of drug-likeness (QED) is 0.864. The number of amides is 1. The number of carbonyl (C=O) groups is 1. The van der Waals surface area contributed by atoms with Gasteiger partial charge in [0.15, 0.2) is 11.5 Å². The predicted molar refractivity (Wildman–Crippen MR) is 91.4 cm³/mol. The zero-order valence-electron chi connectivity index (χ0n) is 13.0. The largest absolute Gasteiger partial charge is 0.486 e. The fraction of sp³-hybridized carbons (Fsp3) is 0.211. The van der Waals surface area contributed by atoms with Gasteiger partial charge in [0.25, 0.3) is 5.91 Å². The topological polar surface area (TPSA) is 50.8 Å². The minimum Gasteiger partial charge on any atom is -0.486 e. The summed E-state index contributed by atoms with van der Waals surface area (Å²) in [6.07, 6.45) is 5.48. The molecule has 1 unspecified atom stereocenters. The van der Waals surface area contributed by atoms with Crippen LogP contribution in [0.2, 0.25) is 0 Å². The van der Waals surface area contributed by atoms with Gasteiger partial charge in [-0.3, -0.25) is 9.69 Å². The Morgan fingerprint density at radius 3 is 2.58 bits per heavy atom. The van der Waals surface area contributed by atoms with Gasteiger partial charge in [-0.05, 0) is 5.56 Å². The number of anilines is 2. The summed E-state index contributed by atoms with van der Waals surface area (Å²) in [6.45, 7) is 1.21. The van der Waals surface area contributed by atoms with Crippen LogP contribution in [0.25, 0.3) is 0 Å². The molecule has 0 fully saturated rings. The normalized spacial score (nSPS) is 18.4. The van der Waals surface area contributed by atoms with Crippen molar-refractivity contribution in [3.8, 4) is 23.8 Å². The van der Waals surface area contributed by atoms with Crippen LogP contribution in [0.3, 0.4) is 0 Å². The molecule has 2 aliphatic rings. The molecule has 1 atom stereocenters. The van der Waals surface area contributed by atoms with Gasteiger partial charge in [0.2, 0.25) is 0 Å². The van der Waals surface area contributed by atoms with E-state index in [0.29, 0.717) is 24.7 Å². The average molecular weight is 320 g/mol. The summed E-state index contributed by atoms with van der Waals surface area (Å²) in [6, 6.07) is 12.8. The first kappa shape index (κ1) is 14.5. The number of nitrogens with one attached hydrogen (secondary N) is 1. The zero-order valence-corrected chi connectivity index (χ0v) is 13.0. The smallest absolute Gasteiger partial charge is 0.255 e. The fourth-order valence-corrected chi connectivity index (χ4v) is 3.03. The van der Waals surface area contributed by atoms with Gasteiger partial charge in [-0.25, -0.2) is 0 Å². The average Bonchev–Trinajstić information content (AvgIpc) is 2.63. The number of hydrogen-bond acceptors (Lipinski definition) is 4. The van der Waals surface area contributed by atoms with Gasteiger partial charge in [0.1, 0.15) is 19.3 Å². The lowest BCUT2D eigenvalue weighted by molar-refractivity contribution is -0.119. The molecule has 24 heavy (non-hydrogen) atoms. The van der Waals surface area contributed by atoms with Gasteiger partial charge in [-0.15, -0.1) is 6.42 Å². The summed E-state index contributed by atoms with van der Waals surface area (Å²) >= 11 is 0. The highest BCUT2D eigenvalue weighted by Crippen LogP contribution is 2.44. The van der Waals surface area contributed by atoms with Crippen molar-refractivity contribution in [3.05, 3.63) is 48.0 Å². The van der Waals surface area contributed by atoms with Crippen LogP contribution in [0.5, 0.6) is 11.5 Å². The number of fused-ring (bicyclic) bond motifs is 2. The molecule has 0 aliphatic carbocycles. The van der Waals surface area contributed by atoms with Gasteiger partial charge in [0, 0.05) is 12.1 Å². The molecule has 1 N–H and O–H groups in total. The molecule has 0 aromatic heterocycles.